The largest absolute Gasteiger partial charge is 0.309 e. The molecule has 0 spiro atoms. The number of rotatable bonds is 6. The average molecular weight is 305 g/mol. The molecule has 3 aromatic rings. The third-order valence-electron chi connectivity index (χ3n) is 3.95. The second-order valence-electron chi connectivity index (χ2n) is 6.02. The van der Waals surface area contributed by atoms with Crippen LogP contribution in [0.4, 0.5) is 0 Å². The minimum absolute atomic E-state index is 0.926. The van der Waals surface area contributed by atoms with Gasteiger partial charge >= 0.3 is 0 Å². The van der Waals surface area contributed by atoms with Crippen molar-refractivity contribution in [2.45, 2.75) is 13.0 Å². The van der Waals surface area contributed by atoms with Gasteiger partial charge in [0.25, 0.3) is 0 Å². The van der Waals surface area contributed by atoms with Crippen molar-refractivity contribution in [1.29, 1.82) is 0 Å². The molecule has 3 nitrogen and oxygen atoms in total. The first-order chi connectivity index (χ1) is 11.3. The molecule has 2 aromatic carbocycles. The Morgan fingerprint density at radius 3 is 2.09 bits per heavy atom. The van der Waals surface area contributed by atoms with Crippen molar-refractivity contribution in [1.82, 2.24) is 14.7 Å². The predicted octanol–water partition coefficient (Wildman–Crippen LogP) is 4.17. The summed E-state index contributed by atoms with van der Waals surface area (Å²) >= 11 is 0. The Balaban J connectivity index is 1.99. The van der Waals surface area contributed by atoms with Crippen LogP contribution in [-0.4, -0.2) is 35.3 Å². The number of nitrogens with zero attached hydrogens (tertiary/aromatic N) is 3. The number of aryl methyl sites for hydroxylation is 1. The van der Waals surface area contributed by atoms with Crippen LogP contribution < -0.4 is 0 Å². The summed E-state index contributed by atoms with van der Waals surface area (Å²) in [6.07, 6.45) is 3.08. The molecule has 0 unspecified atom stereocenters. The van der Waals surface area contributed by atoms with Crippen molar-refractivity contribution in [3.63, 3.8) is 0 Å². The highest BCUT2D eigenvalue weighted by Gasteiger charge is 2.14. The molecular weight excluding hydrogens is 282 g/mol. The van der Waals surface area contributed by atoms with Crippen LogP contribution >= 0.6 is 0 Å². The molecule has 1 aromatic heterocycles. The third-order valence-corrected chi connectivity index (χ3v) is 3.95. The Bertz CT molecular complexity index is 730. The maximum absolute atomic E-state index is 4.66. The zero-order valence-electron chi connectivity index (χ0n) is 13.8. The van der Waals surface area contributed by atoms with Crippen molar-refractivity contribution >= 4 is 0 Å². The van der Waals surface area contributed by atoms with Crippen molar-refractivity contribution in [3.8, 4) is 22.4 Å². The van der Waals surface area contributed by atoms with E-state index in [9.17, 15) is 0 Å². The lowest BCUT2D eigenvalue weighted by Gasteiger charge is -2.12. The Labute approximate surface area is 138 Å². The highest BCUT2D eigenvalue weighted by Crippen LogP contribution is 2.32. The van der Waals surface area contributed by atoms with Crippen molar-refractivity contribution in [2.24, 2.45) is 0 Å². The van der Waals surface area contributed by atoms with Crippen LogP contribution in [0.2, 0.25) is 0 Å². The molecule has 0 aliphatic carbocycles. The first-order valence-corrected chi connectivity index (χ1v) is 8.07. The first-order valence-electron chi connectivity index (χ1n) is 8.07. The van der Waals surface area contributed by atoms with E-state index in [1.165, 1.54) is 22.4 Å². The average Bonchev–Trinajstić information content (AvgIpc) is 3.00. The van der Waals surface area contributed by atoms with Gasteiger partial charge in [-0.05, 0) is 32.6 Å². The standard InChI is InChI=1S/C20H23N3/c1-22(2)14-9-15-23-20(18-12-7-4-8-13-18)19(16-21-23)17-10-5-3-6-11-17/h3-8,10-13,16H,9,14-15H2,1-2H3. The van der Waals surface area contributed by atoms with Crippen molar-refractivity contribution in [2.75, 3.05) is 20.6 Å². The van der Waals surface area contributed by atoms with E-state index in [1.54, 1.807) is 0 Å². The fourth-order valence-electron chi connectivity index (χ4n) is 2.82. The van der Waals surface area contributed by atoms with Crippen LogP contribution in [0.25, 0.3) is 22.4 Å². The van der Waals surface area contributed by atoms with Crippen LogP contribution in [0.1, 0.15) is 6.42 Å². The van der Waals surface area contributed by atoms with Gasteiger partial charge in [0.05, 0.1) is 11.9 Å². The Morgan fingerprint density at radius 1 is 0.870 bits per heavy atom. The molecule has 0 saturated heterocycles. The lowest BCUT2D eigenvalue weighted by Crippen LogP contribution is -2.15. The summed E-state index contributed by atoms with van der Waals surface area (Å²) in [6, 6.07) is 21.0. The maximum Gasteiger partial charge on any atom is 0.0760 e. The van der Waals surface area contributed by atoms with E-state index in [0.717, 1.165) is 19.5 Å². The van der Waals surface area contributed by atoms with E-state index in [0.29, 0.717) is 0 Å². The Kier molecular flexibility index (Phi) is 4.89. The van der Waals surface area contributed by atoms with Crippen LogP contribution in [0.15, 0.2) is 66.9 Å². The summed E-state index contributed by atoms with van der Waals surface area (Å²) < 4.78 is 2.14. The lowest BCUT2D eigenvalue weighted by atomic mass is 10.0. The van der Waals surface area contributed by atoms with Gasteiger partial charge in [0.2, 0.25) is 0 Å². The second-order valence-corrected chi connectivity index (χ2v) is 6.02. The normalized spacial score (nSPS) is 11.1. The number of aromatic nitrogens is 2. The number of hydrogen-bond acceptors (Lipinski definition) is 2. The number of hydrogen-bond donors (Lipinski definition) is 0. The molecule has 0 bridgehead atoms. The van der Waals surface area contributed by atoms with E-state index in [-0.39, 0.29) is 0 Å². The van der Waals surface area contributed by atoms with E-state index in [2.05, 4.69) is 83.4 Å². The van der Waals surface area contributed by atoms with Crippen LogP contribution in [0.3, 0.4) is 0 Å². The highest BCUT2D eigenvalue weighted by atomic mass is 15.3. The topological polar surface area (TPSA) is 21.1 Å². The van der Waals surface area contributed by atoms with E-state index in [4.69, 9.17) is 0 Å². The number of benzene rings is 2. The highest BCUT2D eigenvalue weighted by molar-refractivity contribution is 5.80. The minimum Gasteiger partial charge on any atom is -0.309 e. The van der Waals surface area contributed by atoms with E-state index < -0.39 is 0 Å². The van der Waals surface area contributed by atoms with Crippen molar-refractivity contribution < 1.29 is 0 Å². The smallest absolute Gasteiger partial charge is 0.0760 e. The summed E-state index contributed by atoms with van der Waals surface area (Å²) in [5.74, 6) is 0. The van der Waals surface area contributed by atoms with Gasteiger partial charge in [-0.25, -0.2) is 0 Å². The molecule has 23 heavy (non-hydrogen) atoms. The Hall–Kier alpha value is -2.39. The second kappa shape index (κ2) is 7.25. The van der Waals surface area contributed by atoms with E-state index >= 15 is 0 Å². The molecule has 0 saturated carbocycles. The van der Waals surface area contributed by atoms with Gasteiger partial charge in [-0.15, -0.1) is 0 Å². The summed E-state index contributed by atoms with van der Waals surface area (Å²) in [4.78, 5) is 2.21. The monoisotopic (exact) mass is 305 g/mol. The van der Waals surface area contributed by atoms with Gasteiger partial charge in [-0.2, -0.15) is 5.10 Å². The predicted molar refractivity (Wildman–Crippen MR) is 96.3 cm³/mol. The molecule has 0 atom stereocenters. The molecule has 0 fully saturated rings. The van der Waals surface area contributed by atoms with Gasteiger partial charge in [0.15, 0.2) is 0 Å². The summed E-state index contributed by atoms with van der Waals surface area (Å²) in [6.45, 7) is 1.99. The van der Waals surface area contributed by atoms with Crippen LogP contribution in [0.5, 0.6) is 0 Å². The molecule has 118 valence electrons. The first kappa shape index (κ1) is 15.5. The minimum atomic E-state index is 0.926. The molecular formula is C20H23N3. The molecule has 0 radical (unpaired) electrons. The quantitative estimate of drug-likeness (QED) is 0.681. The van der Waals surface area contributed by atoms with Gasteiger partial charge in [0, 0.05) is 17.7 Å². The molecule has 0 amide bonds. The van der Waals surface area contributed by atoms with Gasteiger partial charge < -0.3 is 4.90 Å². The summed E-state index contributed by atoms with van der Waals surface area (Å²) in [7, 11) is 4.22. The molecule has 1 heterocycles. The molecule has 3 rings (SSSR count). The zero-order chi connectivity index (χ0) is 16.1. The van der Waals surface area contributed by atoms with Gasteiger partial charge in [-0.1, -0.05) is 60.7 Å². The van der Waals surface area contributed by atoms with Crippen LogP contribution in [0, 0.1) is 0 Å². The summed E-state index contributed by atoms with van der Waals surface area (Å²) in [5.41, 5.74) is 4.83. The molecule has 0 aliphatic heterocycles. The fourth-order valence-corrected chi connectivity index (χ4v) is 2.82. The molecule has 0 aliphatic rings. The van der Waals surface area contributed by atoms with Crippen molar-refractivity contribution in [3.05, 3.63) is 66.9 Å². The summed E-state index contributed by atoms with van der Waals surface area (Å²) in [5, 5.41) is 4.66. The fraction of sp³-hybridized carbons (Fsp3) is 0.250. The van der Waals surface area contributed by atoms with E-state index in [1.807, 2.05) is 12.3 Å². The Morgan fingerprint density at radius 2 is 1.48 bits per heavy atom. The zero-order valence-corrected chi connectivity index (χ0v) is 13.8. The van der Waals surface area contributed by atoms with Gasteiger partial charge in [0.1, 0.15) is 0 Å². The SMILES string of the molecule is CN(C)CCCn1ncc(-c2ccccc2)c1-c1ccccc1. The maximum atomic E-state index is 4.66. The van der Waals surface area contributed by atoms with Crippen LogP contribution in [-0.2, 0) is 6.54 Å². The van der Waals surface area contributed by atoms with Gasteiger partial charge in [-0.3, -0.25) is 4.68 Å². The molecule has 3 heteroatoms. The lowest BCUT2D eigenvalue weighted by molar-refractivity contribution is 0.381. The molecule has 0 N–H and O–H groups in total. The third kappa shape index (κ3) is 3.69.